The van der Waals surface area contributed by atoms with Gasteiger partial charge >= 0.3 is 0 Å². The first-order valence-corrected chi connectivity index (χ1v) is 8.92. The summed E-state index contributed by atoms with van der Waals surface area (Å²) in [6.07, 6.45) is 1.64. The van der Waals surface area contributed by atoms with Gasteiger partial charge in [0.1, 0.15) is 11.5 Å². The molecule has 7 heteroatoms. The summed E-state index contributed by atoms with van der Waals surface area (Å²) >= 11 is 11.8. The normalized spacial score (nSPS) is 12.2. The first-order valence-electron chi connectivity index (χ1n) is 8.17. The van der Waals surface area contributed by atoms with Crippen molar-refractivity contribution in [3.8, 4) is 5.75 Å². The maximum absolute atomic E-state index is 12.1. The fourth-order valence-corrected chi connectivity index (χ4v) is 2.82. The van der Waals surface area contributed by atoms with Crippen molar-refractivity contribution in [2.75, 3.05) is 26.2 Å². The molecule has 0 saturated carbocycles. The zero-order valence-corrected chi connectivity index (χ0v) is 15.8. The molecule has 136 valence electrons. The van der Waals surface area contributed by atoms with Crippen LogP contribution in [0.2, 0.25) is 10.0 Å². The number of amides is 1. The molecule has 0 saturated heterocycles. The van der Waals surface area contributed by atoms with Crippen LogP contribution in [-0.4, -0.2) is 37.0 Å². The van der Waals surface area contributed by atoms with Crippen molar-refractivity contribution in [1.82, 2.24) is 10.2 Å². The highest BCUT2D eigenvalue weighted by Crippen LogP contribution is 2.26. The van der Waals surface area contributed by atoms with Crippen molar-refractivity contribution in [2.45, 2.75) is 19.9 Å². The predicted octanol–water partition coefficient (Wildman–Crippen LogP) is 4.16. The van der Waals surface area contributed by atoms with Crippen molar-refractivity contribution in [2.24, 2.45) is 0 Å². The highest BCUT2D eigenvalue weighted by Gasteiger charge is 2.21. The maximum Gasteiger partial charge on any atom is 0.258 e. The van der Waals surface area contributed by atoms with Crippen LogP contribution in [0.3, 0.4) is 0 Å². The summed E-state index contributed by atoms with van der Waals surface area (Å²) < 4.78 is 11.0. The monoisotopic (exact) mass is 384 g/mol. The van der Waals surface area contributed by atoms with Crippen LogP contribution in [0.4, 0.5) is 0 Å². The molecule has 0 aliphatic carbocycles. The molecular formula is C18H22Cl2N2O3. The van der Waals surface area contributed by atoms with Gasteiger partial charge in [0.15, 0.2) is 6.61 Å². The van der Waals surface area contributed by atoms with Gasteiger partial charge in [-0.05, 0) is 37.4 Å². The van der Waals surface area contributed by atoms with Gasteiger partial charge in [0.25, 0.3) is 5.91 Å². The summed E-state index contributed by atoms with van der Waals surface area (Å²) in [7, 11) is 0. The number of benzene rings is 1. The average Bonchev–Trinajstić information content (AvgIpc) is 3.14. The summed E-state index contributed by atoms with van der Waals surface area (Å²) in [5.41, 5.74) is 0. The van der Waals surface area contributed by atoms with Crippen molar-refractivity contribution >= 4 is 29.1 Å². The van der Waals surface area contributed by atoms with E-state index in [0.29, 0.717) is 22.3 Å². The molecule has 1 unspecified atom stereocenters. The van der Waals surface area contributed by atoms with E-state index in [1.165, 1.54) is 0 Å². The minimum absolute atomic E-state index is 0.0149. The number of hydrogen-bond acceptors (Lipinski definition) is 4. The summed E-state index contributed by atoms with van der Waals surface area (Å²) in [5, 5.41) is 3.72. The molecule has 1 atom stereocenters. The van der Waals surface area contributed by atoms with Crippen LogP contribution in [0.15, 0.2) is 41.0 Å². The summed E-state index contributed by atoms with van der Waals surface area (Å²) in [4.78, 5) is 14.3. The molecule has 25 heavy (non-hydrogen) atoms. The molecule has 0 fully saturated rings. The number of furan rings is 1. The third-order valence-electron chi connectivity index (χ3n) is 3.88. The lowest BCUT2D eigenvalue weighted by Crippen LogP contribution is -2.39. The van der Waals surface area contributed by atoms with Crippen LogP contribution in [0, 0.1) is 0 Å². The fraction of sp³-hybridized carbons (Fsp3) is 0.389. The Kier molecular flexibility index (Phi) is 7.62. The number of rotatable bonds is 9. The van der Waals surface area contributed by atoms with Crippen LogP contribution in [0.25, 0.3) is 0 Å². The van der Waals surface area contributed by atoms with Crippen molar-refractivity contribution in [1.29, 1.82) is 0 Å². The maximum atomic E-state index is 12.1. The second-order valence-electron chi connectivity index (χ2n) is 5.42. The van der Waals surface area contributed by atoms with E-state index in [-0.39, 0.29) is 18.6 Å². The van der Waals surface area contributed by atoms with Gasteiger partial charge < -0.3 is 14.5 Å². The van der Waals surface area contributed by atoms with Crippen LogP contribution in [0.5, 0.6) is 5.75 Å². The SMILES string of the molecule is CCN(CC)C(CNC(=O)COc1ccc(Cl)c(Cl)c1)c1ccco1. The molecule has 1 amide bonds. The van der Waals surface area contributed by atoms with Crippen molar-refractivity contribution in [3.05, 3.63) is 52.4 Å². The quantitative estimate of drug-likeness (QED) is 0.704. The Morgan fingerprint density at radius 2 is 2.00 bits per heavy atom. The molecule has 0 bridgehead atoms. The highest BCUT2D eigenvalue weighted by molar-refractivity contribution is 6.42. The third kappa shape index (κ3) is 5.66. The lowest BCUT2D eigenvalue weighted by atomic mass is 10.2. The number of halogens is 2. The van der Waals surface area contributed by atoms with Gasteiger partial charge in [0.2, 0.25) is 0 Å². The fourth-order valence-electron chi connectivity index (χ4n) is 2.53. The molecule has 1 aromatic heterocycles. The van der Waals surface area contributed by atoms with E-state index in [0.717, 1.165) is 18.8 Å². The van der Waals surface area contributed by atoms with Crippen LogP contribution >= 0.6 is 23.2 Å². The Balaban J connectivity index is 1.89. The van der Waals surface area contributed by atoms with Crippen molar-refractivity contribution in [3.63, 3.8) is 0 Å². The molecule has 0 radical (unpaired) electrons. The summed E-state index contributed by atoms with van der Waals surface area (Å²) in [6, 6.07) is 8.63. The molecule has 2 aromatic rings. The minimum atomic E-state index is -0.213. The summed E-state index contributed by atoms with van der Waals surface area (Å²) in [6.45, 7) is 6.22. The van der Waals surface area contributed by atoms with Gasteiger partial charge in [-0.25, -0.2) is 0 Å². The number of likely N-dealkylation sites (N-methyl/N-ethyl adjacent to an activating group) is 1. The van der Waals surface area contributed by atoms with E-state index in [2.05, 4.69) is 24.1 Å². The van der Waals surface area contributed by atoms with Gasteiger partial charge in [-0.1, -0.05) is 37.0 Å². The molecule has 1 N–H and O–H groups in total. The molecule has 1 aromatic carbocycles. The topological polar surface area (TPSA) is 54.7 Å². The smallest absolute Gasteiger partial charge is 0.258 e. The van der Waals surface area contributed by atoms with E-state index in [1.54, 1.807) is 24.5 Å². The summed E-state index contributed by atoms with van der Waals surface area (Å²) in [5.74, 6) is 1.11. The van der Waals surface area contributed by atoms with E-state index in [1.807, 2.05) is 12.1 Å². The number of nitrogens with zero attached hydrogens (tertiary/aromatic N) is 1. The van der Waals surface area contributed by atoms with Gasteiger partial charge in [-0.3, -0.25) is 9.69 Å². The number of hydrogen-bond donors (Lipinski definition) is 1. The number of ether oxygens (including phenoxy) is 1. The Bertz CT molecular complexity index is 673. The van der Waals surface area contributed by atoms with E-state index >= 15 is 0 Å². The van der Waals surface area contributed by atoms with Crippen LogP contribution in [-0.2, 0) is 4.79 Å². The zero-order valence-electron chi connectivity index (χ0n) is 14.3. The second kappa shape index (κ2) is 9.70. The van der Waals surface area contributed by atoms with E-state index in [4.69, 9.17) is 32.4 Å². The molecule has 1 heterocycles. The molecule has 0 aliphatic heterocycles. The van der Waals surface area contributed by atoms with Crippen molar-refractivity contribution < 1.29 is 13.9 Å². The molecule has 5 nitrogen and oxygen atoms in total. The largest absolute Gasteiger partial charge is 0.484 e. The second-order valence-corrected chi connectivity index (χ2v) is 6.24. The standard InChI is InChI=1S/C18H22Cl2N2O3/c1-3-22(4-2)16(17-6-5-9-24-17)11-21-18(23)12-25-13-7-8-14(19)15(20)10-13/h5-10,16H,3-4,11-12H2,1-2H3,(H,21,23). The van der Waals surface area contributed by atoms with E-state index < -0.39 is 0 Å². The van der Waals surface area contributed by atoms with Crippen LogP contribution in [0.1, 0.15) is 25.6 Å². The molecular weight excluding hydrogens is 363 g/mol. The number of carbonyl (C=O) groups is 1. The minimum Gasteiger partial charge on any atom is -0.484 e. The lowest BCUT2D eigenvalue weighted by molar-refractivity contribution is -0.123. The number of nitrogens with one attached hydrogen (secondary N) is 1. The number of carbonyl (C=O) groups excluding carboxylic acids is 1. The Morgan fingerprint density at radius 1 is 1.24 bits per heavy atom. The zero-order chi connectivity index (χ0) is 18.2. The lowest BCUT2D eigenvalue weighted by Gasteiger charge is -2.28. The third-order valence-corrected chi connectivity index (χ3v) is 4.62. The first-order chi connectivity index (χ1) is 12.0. The molecule has 0 aliphatic rings. The Morgan fingerprint density at radius 3 is 2.60 bits per heavy atom. The van der Waals surface area contributed by atoms with Crippen LogP contribution < -0.4 is 10.1 Å². The van der Waals surface area contributed by atoms with E-state index in [9.17, 15) is 4.79 Å². The average molecular weight is 385 g/mol. The van der Waals surface area contributed by atoms with Gasteiger partial charge in [0.05, 0.1) is 22.4 Å². The van der Waals surface area contributed by atoms with Gasteiger partial charge in [-0.15, -0.1) is 0 Å². The molecule has 0 spiro atoms. The predicted molar refractivity (Wildman–Crippen MR) is 99.3 cm³/mol. The van der Waals surface area contributed by atoms with Gasteiger partial charge in [0, 0.05) is 12.6 Å². The first kappa shape index (κ1) is 19.6. The Labute approximate surface area is 157 Å². The Hall–Kier alpha value is -1.69. The molecule has 2 rings (SSSR count). The van der Waals surface area contributed by atoms with Gasteiger partial charge in [-0.2, -0.15) is 0 Å². The highest BCUT2D eigenvalue weighted by atomic mass is 35.5.